The normalized spacial score (nSPS) is 18.7. The van der Waals surface area contributed by atoms with E-state index in [2.05, 4.69) is 54.7 Å². The Bertz CT molecular complexity index is 554. The molecular formula is C17H19NO. The summed E-state index contributed by atoms with van der Waals surface area (Å²) < 4.78 is 6.11. The van der Waals surface area contributed by atoms with Crippen molar-refractivity contribution in [3.05, 3.63) is 65.2 Å². The highest BCUT2D eigenvalue weighted by atomic mass is 16.5. The zero-order valence-corrected chi connectivity index (χ0v) is 11.4. The predicted molar refractivity (Wildman–Crippen MR) is 77.5 cm³/mol. The molecule has 0 fully saturated rings. The summed E-state index contributed by atoms with van der Waals surface area (Å²) in [5.41, 5.74) is 3.94. The Morgan fingerprint density at radius 2 is 1.84 bits per heavy atom. The molecule has 1 N–H and O–H groups in total. The molecule has 1 aliphatic rings. The molecule has 3 rings (SSSR count). The van der Waals surface area contributed by atoms with E-state index in [1.54, 1.807) is 0 Å². The summed E-state index contributed by atoms with van der Waals surface area (Å²) in [6, 6.07) is 17.1. The molecule has 0 aromatic heterocycles. The SMILES string of the molecule is CNC(c1ccccc1C)C1Cc2ccccc2O1. The highest BCUT2D eigenvalue weighted by Crippen LogP contribution is 2.34. The summed E-state index contributed by atoms with van der Waals surface area (Å²) in [5.74, 6) is 1.03. The van der Waals surface area contributed by atoms with Gasteiger partial charge in [-0.15, -0.1) is 0 Å². The third-order valence-electron chi connectivity index (χ3n) is 3.88. The Kier molecular flexibility index (Phi) is 3.26. The number of aryl methyl sites for hydroxylation is 1. The van der Waals surface area contributed by atoms with Gasteiger partial charge >= 0.3 is 0 Å². The molecule has 98 valence electrons. The number of benzene rings is 2. The highest BCUT2D eigenvalue weighted by Gasteiger charge is 2.30. The average molecular weight is 253 g/mol. The summed E-state index contributed by atoms with van der Waals surface area (Å²) in [6.07, 6.45) is 1.14. The van der Waals surface area contributed by atoms with Gasteiger partial charge in [-0.25, -0.2) is 0 Å². The second kappa shape index (κ2) is 5.06. The summed E-state index contributed by atoms with van der Waals surface area (Å²) in [6.45, 7) is 2.15. The molecule has 1 aliphatic heterocycles. The smallest absolute Gasteiger partial charge is 0.123 e. The fourth-order valence-electron chi connectivity index (χ4n) is 2.87. The van der Waals surface area contributed by atoms with E-state index in [9.17, 15) is 0 Å². The summed E-state index contributed by atoms with van der Waals surface area (Å²) in [4.78, 5) is 0. The van der Waals surface area contributed by atoms with Crippen LogP contribution in [0.25, 0.3) is 0 Å². The van der Waals surface area contributed by atoms with Crippen molar-refractivity contribution in [3.63, 3.8) is 0 Å². The van der Waals surface area contributed by atoms with Crippen LogP contribution in [-0.4, -0.2) is 13.2 Å². The van der Waals surface area contributed by atoms with Crippen LogP contribution in [0, 0.1) is 6.92 Å². The van der Waals surface area contributed by atoms with Gasteiger partial charge in [0.05, 0.1) is 6.04 Å². The van der Waals surface area contributed by atoms with E-state index in [0.717, 1.165) is 12.2 Å². The van der Waals surface area contributed by atoms with Crippen molar-refractivity contribution in [2.75, 3.05) is 7.05 Å². The molecule has 0 saturated carbocycles. The van der Waals surface area contributed by atoms with Crippen molar-refractivity contribution in [3.8, 4) is 5.75 Å². The zero-order chi connectivity index (χ0) is 13.2. The van der Waals surface area contributed by atoms with Crippen LogP contribution in [-0.2, 0) is 6.42 Å². The zero-order valence-electron chi connectivity index (χ0n) is 11.4. The average Bonchev–Trinajstić information content (AvgIpc) is 2.85. The minimum absolute atomic E-state index is 0.170. The van der Waals surface area contributed by atoms with Crippen LogP contribution >= 0.6 is 0 Å². The van der Waals surface area contributed by atoms with Gasteiger partial charge in [0, 0.05) is 6.42 Å². The van der Waals surface area contributed by atoms with Crippen LogP contribution in [0.2, 0.25) is 0 Å². The first-order valence-corrected chi connectivity index (χ1v) is 6.77. The number of para-hydroxylation sites is 1. The Balaban J connectivity index is 1.88. The van der Waals surface area contributed by atoms with E-state index in [0.29, 0.717) is 0 Å². The Morgan fingerprint density at radius 1 is 1.11 bits per heavy atom. The van der Waals surface area contributed by atoms with Gasteiger partial charge in [-0.3, -0.25) is 0 Å². The van der Waals surface area contributed by atoms with Gasteiger partial charge in [-0.2, -0.15) is 0 Å². The lowest BCUT2D eigenvalue weighted by Crippen LogP contribution is -2.33. The van der Waals surface area contributed by atoms with E-state index in [1.165, 1.54) is 16.7 Å². The monoisotopic (exact) mass is 253 g/mol. The second-order valence-corrected chi connectivity index (χ2v) is 5.09. The van der Waals surface area contributed by atoms with E-state index >= 15 is 0 Å². The largest absolute Gasteiger partial charge is 0.488 e. The molecule has 19 heavy (non-hydrogen) atoms. The number of nitrogens with one attached hydrogen (secondary N) is 1. The molecule has 2 aromatic rings. The van der Waals surface area contributed by atoms with Crippen LogP contribution < -0.4 is 10.1 Å². The molecule has 2 unspecified atom stereocenters. The minimum Gasteiger partial charge on any atom is -0.488 e. The van der Waals surface area contributed by atoms with Gasteiger partial charge in [-0.1, -0.05) is 42.5 Å². The number of hydrogen-bond acceptors (Lipinski definition) is 2. The molecule has 0 spiro atoms. The molecular weight excluding hydrogens is 234 g/mol. The standard InChI is InChI=1S/C17H19NO/c1-12-7-3-5-9-14(12)17(18-2)16-11-13-8-4-6-10-15(13)19-16/h3-10,16-18H,11H2,1-2H3. The first-order valence-electron chi connectivity index (χ1n) is 6.77. The topological polar surface area (TPSA) is 21.3 Å². The fourth-order valence-corrected chi connectivity index (χ4v) is 2.87. The van der Waals surface area contributed by atoms with Gasteiger partial charge in [0.15, 0.2) is 0 Å². The molecule has 0 saturated heterocycles. The number of fused-ring (bicyclic) bond motifs is 1. The van der Waals surface area contributed by atoms with Crippen LogP contribution in [0.5, 0.6) is 5.75 Å². The summed E-state index contributed by atoms with van der Waals surface area (Å²) >= 11 is 0. The van der Waals surface area contributed by atoms with Crippen molar-refractivity contribution in [2.24, 2.45) is 0 Å². The Morgan fingerprint density at radius 3 is 2.58 bits per heavy atom. The quantitative estimate of drug-likeness (QED) is 0.906. The first-order chi connectivity index (χ1) is 9.29. The molecule has 0 aliphatic carbocycles. The number of hydrogen-bond donors (Lipinski definition) is 1. The van der Waals surface area contributed by atoms with Crippen LogP contribution in [0.15, 0.2) is 48.5 Å². The maximum Gasteiger partial charge on any atom is 0.123 e. The van der Waals surface area contributed by atoms with Gasteiger partial charge < -0.3 is 10.1 Å². The van der Waals surface area contributed by atoms with E-state index < -0.39 is 0 Å². The lowest BCUT2D eigenvalue weighted by Gasteiger charge is -2.24. The highest BCUT2D eigenvalue weighted by molar-refractivity contribution is 5.39. The van der Waals surface area contributed by atoms with E-state index in [-0.39, 0.29) is 12.1 Å². The molecule has 2 atom stereocenters. The molecule has 2 heteroatoms. The predicted octanol–water partition coefficient (Wildman–Crippen LogP) is 3.26. The molecule has 2 aromatic carbocycles. The summed E-state index contributed by atoms with van der Waals surface area (Å²) in [7, 11) is 2.00. The lowest BCUT2D eigenvalue weighted by atomic mass is 9.94. The maximum atomic E-state index is 6.11. The molecule has 0 radical (unpaired) electrons. The van der Waals surface area contributed by atoms with Crippen LogP contribution in [0.3, 0.4) is 0 Å². The van der Waals surface area contributed by atoms with Crippen LogP contribution in [0.4, 0.5) is 0 Å². The number of ether oxygens (including phenoxy) is 1. The van der Waals surface area contributed by atoms with Crippen molar-refractivity contribution in [1.82, 2.24) is 5.32 Å². The van der Waals surface area contributed by atoms with Crippen molar-refractivity contribution < 1.29 is 4.74 Å². The van der Waals surface area contributed by atoms with E-state index in [1.807, 2.05) is 13.1 Å². The van der Waals surface area contributed by atoms with E-state index in [4.69, 9.17) is 4.74 Å². The van der Waals surface area contributed by atoms with Gasteiger partial charge in [0.2, 0.25) is 0 Å². The van der Waals surface area contributed by atoms with Gasteiger partial charge in [0.1, 0.15) is 11.9 Å². The van der Waals surface area contributed by atoms with Crippen molar-refractivity contribution >= 4 is 0 Å². The number of likely N-dealkylation sites (N-methyl/N-ethyl adjacent to an activating group) is 1. The molecule has 0 bridgehead atoms. The number of rotatable bonds is 3. The van der Waals surface area contributed by atoms with Crippen LogP contribution in [0.1, 0.15) is 22.7 Å². The van der Waals surface area contributed by atoms with Gasteiger partial charge in [-0.05, 0) is 36.7 Å². The fraction of sp³-hybridized carbons (Fsp3) is 0.294. The molecule has 1 heterocycles. The lowest BCUT2D eigenvalue weighted by molar-refractivity contribution is 0.183. The first kappa shape index (κ1) is 12.2. The van der Waals surface area contributed by atoms with Crippen molar-refractivity contribution in [2.45, 2.75) is 25.5 Å². The third kappa shape index (κ3) is 2.24. The Labute approximate surface area is 114 Å². The van der Waals surface area contributed by atoms with Gasteiger partial charge in [0.25, 0.3) is 0 Å². The maximum absolute atomic E-state index is 6.11. The van der Waals surface area contributed by atoms with Crippen molar-refractivity contribution in [1.29, 1.82) is 0 Å². The Hall–Kier alpha value is -1.80. The molecule has 2 nitrogen and oxygen atoms in total. The molecule has 0 amide bonds. The second-order valence-electron chi connectivity index (χ2n) is 5.09. The third-order valence-corrected chi connectivity index (χ3v) is 3.88. The summed E-state index contributed by atoms with van der Waals surface area (Å²) in [5, 5.41) is 3.41. The minimum atomic E-state index is 0.170.